The molecule has 6 nitrogen and oxygen atoms in total. The Hall–Kier alpha value is -2.63. The number of benzene rings is 1. The van der Waals surface area contributed by atoms with E-state index in [0.717, 1.165) is 23.3 Å². The summed E-state index contributed by atoms with van der Waals surface area (Å²) in [4.78, 5) is 20.4. The standard InChI is InChI=1S/C18H22N4O2/c1-12-10-13(2)17-14(11-12)15(5-9-24-17)22-16(23)4-8-21-18-19-6-3-7-20-18/h3,6-7,10-11,15H,4-5,8-9H2,1-2H3,(H,22,23)(H,19,20,21)/t15-/m1/s1. The van der Waals surface area contributed by atoms with Gasteiger partial charge in [-0.15, -0.1) is 0 Å². The Morgan fingerprint density at radius 3 is 2.88 bits per heavy atom. The zero-order valence-electron chi connectivity index (χ0n) is 14.0. The topological polar surface area (TPSA) is 76.1 Å². The fraction of sp³-hybridized carbons (Fsp3) is 0.389. The van der Waals surface area contributed by atoms with Crippen molar-refractivity contribution in [3.63, 3.8) is 0 Å². The lowest BCUT2D eigenvalue weighted by Gasteiger charge is -2.28. The SMILES string of the molecule is Cc1cc(C)c2c(c1)[C@H](NC(=O)CCNc1ncccn1)CCO2. The van der Waals surface area contributed by atoms with Gasteiger partial charge >= 0.3 is 0 Å². The molecule has 2 N–H and O–H groups in total. The highest BCUT2D eigenvalue weighted by molar-refractivity contribution is 5.77. The summed E-state index contributed by atoms with van der Waals surface area (Å²) in [6.45, 7) is 5.22. The first-order valence-electron chi connectivity index (χ1n) is 8.17. The third-order valence-corrected chi connectivity index (χ3v) is 4.01. The molecule has 3 rings (SSSR count). The molecule has 2 heterocycles. The van der Waals surface area contributed by atoms with Gasteiger partial charge in [0, 0.05) is 37.3 Å². The molecular weight excluding hydrogens is 304 g/mol. The van der Waals surface area contributed by atoms with E-state index in [1.807, 2.05) is 6.92 Å². The summed E-state index contributed by atoms with van der Waals surface area (Å²) in [5.41, 5.74) is 3.37. The summed E-state index contributed by atoms with van der Waals surface area (Å²) in [5, 5.41) is 6.16. The van der Waals surface area contributed by atoms with Gasteiger partial charge in [0.2, 0.25) is 11.9 Å². The highest BCUT2D eigenvalue weighted by Gasteiger charge is 2.24. The van der Waals surface area contributed by atoms with Crippen LogP contribution < -0.4 is 15.4 Å². The van der Waals surface area contributed by atoms with Crippen LogP contribution in [0.3, 0.4) is 0 Å². The van der Waals surface area contributed by atoms with Crippen LogP contribution in [0.1, 0.15) is 35.6 Å². The van der Waals surface area contributed by atoms with E-state index in [-0.39, 0.29) is 11.9 Å². The Morgan fingerprint density at radius 2 is 2.08 bits per heavy atom. The quantitative estimate of drug-likeness (QED) is 0.883. The van der Waals surface area contributed by atoms with Gasteiger partial charge in [0.25, 0.3) is 0 Å². The summed E-state index contributed by atoms with van der Waals surface area (Å²) >= 11 is 0. The number of amides is 1. The zero-order valence-corrected chi connectivity index (χ0v) is 14.0. The summed E-state index contributed by atoms with van der Waals surface area (Å²) in [6, 6.07) is 5.97. The fourth-order valence-electron chi connectivity index (χ4n) is 2.97. The van der Waals surface area contributed by atoms with Crippen LogP contribution >= 0.6 is 0 Å². The van der Waals surface area contributed by atoms with Crippen LogP contribution in [-0.4, -0.2) is 29.0 Å². The predicted molar refractivity (Wildman–Crippen MR) is 92.1 cm³/mol. The molecule has 1 aromatic carbocycles. The molecule has 0 fully saturated rings. The van der Waals surface area contributed by atoms with Crippen molar-refractivity contribution < 1.29 is 9.53 Å². The van der Waals surface area contributed by atoms with E-state index in [4.69, 9.17) is 4.74 Å². The summed E-state index contributed by atoms with van der Waals surface area (Å²) in [5.74, 6) is 1.45. The number of fused-ring (bicyclic) bond motifs is 1. The summed E-state index contributed by atoms with van der Waals surface area (Å²) in [6.07, 6.45) is 4.49. The van der Waals surface area contributed by atoms with Crippen molar-refractivity contribution in [2.45, 2.75) is 32.7 Å². The Bertz CT molecular complexity index is 718. The maximum absolute atomic E-state index is 12.2. The predicted octanol–water partition coefficient (Wildman–Crippen LogP) is 2.54. The molecule has 0 radical (unpaired) electrons. The number of ether oxygens (including phenoxy) is 1. The molecule has 0 spiro atoms. The first-order valence-corrected chi connectivity index (χ1v) is 8.17. The number of anilines is 1. The Morgan fingerprint density at radius 1 is 1.29 bits per heavy atom. The average Bonchev–Trinajstić information content (AvgIpc) is 2.56. The number of nitrogens with one attached hydrogen (secondary N) is 2. The number of rotatable bonds is 5. The van der Waals surface area contributed by atoms with Crippen LogP contribution in [0.2, 0.25) is 0 Å². The second-order valence-electron chi connectivity index (χ2n) is 6.01. The largest absolute Gasteiger partial charge is 0.493 e. The van der Waals surface area contributed by atoms with E-state index in [9.17, 15) is 4.79 Å². The van der Waals surface area contributed by atoms with Crippen molar-refractivity contribution in [1.29, 1.82) is 0 Å². The number of hydrogen-bond acceptors (Lipinski definition) is 5. The minimum Gasteiger partial charge on any atom is -0.493 e. The van der Waals surface area contributed by atoms with Crippen LogP contribution in [0.4, 0.5) is 5.95 Å². The van der Waals surface area contributed by atoms with Gasteiger partial charge in [0.15, 0.2) is 0 Å². The molecule has 0 saturated heterocycles. The highest BCUT2D eigenvalue weighted by Crippen LogP contribution is 2.35. The monoisotopic (exact) mass is 326 g/mol. The average molecular weight is 326 g/mol. The van der Waals surface area contributed by atoms with Crippen molar-refractivity contribution in [1.82, 2.24) is 15.3 Å². The summed E-state index contributed by atoms with van der Waals surface area (Å²) in [7, 11) is 0. The molecule has 1 aliphatic heterocycles. The number of carbonyl (C=O) groups excluding carboxylic acids is 1. The van der Waals surface area contributed by atoms with Crippen LogP contribution in [0.5, 0.6) is 5.75 Å². The Balaban J connectivity index is 1.58. The Kier molecular flexibility index (Phi) is 4.93. The number of aryl methyl sites for hydroxylation is 2. The van der Waals surface area contributed by atoms with E-state index in [2.05, 4.69) is 39.7 Å². The van der Waals surface area contributed by atoms with Crippen molar-refractivity contribution >= 4 is 11.9 Å². The van der Waals surface area contributed by atoms with Gasteiger partial charge in [-0.1, -0.05) is 17.7 Å². The van der Waals surface area contributed by atoms with E-state index in [1.54, 1.807) is 18.5 Å². The van der Waals surface area contributed by atoms with Crippen molar-refractivity contribution in [3.8, 4) is 5.75 Å². The maximum Gasteiger partial charge on any atom is 0.222 e. The molecule has 24 heavy (non-hydrogen) atoms. The van der Waals surface area contributed by atoms with Gasteiger partial charge in [0.05, 0.1) is 12.6 Å². The lowest BCUT2D eigenvalue weighted by Crippen LogP contribution is -2.33. The molecular formula is C18H22N4O2. The number of carbonyl (C=O) groups is 1. The van der Waals surface area contributed by atoms with Crippen molar-refractivity contribution in [3.05, 3.63) is 47.3 Å². The van der Waals surface area contributed by atoms with Gasteiger partial charge < -0.3 is 15.4 Å². The van der Waals surface area contributed by atoms with Gasteiger partial charge in [-0.2, -0.15) is 0 Å². The fourth-order valence-corrected chi connectivity index (χ4v) is 2.97. The van der Waals surface area contributed by atoms with E-state index in [0.29, 0.717) is 25.5 Å². The molecule has 0 bridgehead atoms. The molecule has 2 aromatic rings. The first kappa shape index (κ1) is 16.2. The second kappa shape index (κ2) is 7.29. The first-order chi connectivity index (χ1) is 11.6. The van der Waals surface area contributed by atoms with Gasteiger partial charge in [-0.05, 0) is 25.5 Å². The smallest absolute Gasteiger partial charge is 0.222 e. The van der Waals surface area contributed by atoms with E-state index >= 15 is 0 Å². The van der Waals surface area contributed by atoms with Crippen LogP contribution in [-0.2, 0) is 4.79 Å². The summed E-state index contributed by atoms with van der Waals surface area (Å²) < 4.78 is 5.78. The molecule has 6 heteroatoms. The van der Waals surface area contributed by atoms with Gasteiger partial charge in [-0.3, -0.25) is 4.79 Å². The molecule has 126 valence electrons. The van der Waals surface area contributed by atoms with E-state index in [1.165, 1.54) is 5.56 Å². The normalized spacial score (nSPS) is 16.0. The molecule has 1 amide bonds. The van der Waals surface area contributed by atoms with Crippen LogP contribution in [0.25, 0.3) is 0 Å². The molecule has 0 aliphatic carbocycles. The van der Waals surface area contributed by atoms with Crippen LogP contribution in [0, 0.1) is 13.8 Å². The molecule has 1 aromatic heterocycles. The molecule has 1 aliphatic rings. The third-order valence-electron chi connectivity index (χ3n) is 4.01. The number of hydrogen-bond donors (Lipinski definition) is 2. The minimum absolute atomic E-state index is 0.00725. The number of nitrogens with zero attached hydrogens (tertiary/aromatic N) is 2. The second-order valence-corrected chi connectivity index (χ2v) is 6.01. The van der Waals surface area contributed by atoms with Crippen molar-refractivity contribution in [2.24, 2.45) is 0 Å². The highest BCUT2D eigenvalue weighted by atomic mass is 16.5. The third kappa shape index (κ3) is 3.82. The zero-order chi connectivity index (χ0) is 16.9. The number of aromatic nitrogens is 2. The lowest BCUT2D eigenvalue weighted by molar-refractivity contribution is -0.121. The van der Waals surface area contributed by atoms with Crippen LogP contribution in [0.15, 0.2) is 30.6 Å². The van der Waals surface area contributed by atoms with Gasteiger partial charge in [-0.25, -0.2) is 9.97 Å². The Labute approximate surface area is 141 Å². The maximum atomic E-state index is 12.2. The van der Waals surface area contributed by atoms with Gasteiger partial charge in [0.1, 0.15) is 5.75 Å². The molecule has 0 unspecified atom stereocenters. The molecule has 0 saturated carbocycles. The van der Waals surface area contributed by atoms with E-state index < -0.39 is 0 Å². The lowest BCUT2D eigenvalue weighted by atomic mass is 9.95. The minimum atomic E-state index is 0.00725. The molecule has 1 atom stereocenters. The van der Waals surface area contributed by atoms with Crippen molar-refractivity contribution in [2.75, 3.05) is 18.5 Å².